The van der Waals surface area contributed by atoms with Crippen molar-refractivity contribution in [2.24, 2.45) is 0 Å². The molecule has 0 aliphatic heterocycles. The summed E-state index contributed by atoms with van der Waals surface area (Å²) >= 11 is 6.59. The molecule has 0 amide bonds. The molecular weight excluding hydrogens is 268 g/mol. The van der Waals surface area contributed by atoms with E-state index >= 15 is 0 Å². The lowest BCUT2D eigenvalue weighted by Crippen LogP contribution is -1.97. The number of pyridine rings is 1. The molecular formula is C17H17ClN2. The Bertz CT molecular complexity index is 703. The van der Waals surface area contributed by atoms with Gasteiger partial charge in [0.1, 0.15) is 5.65 Å². The van der Waals surface area contributed by atoms with E-state index in [2.05, 4.69) is 35.3 Å². The molecule has 2 aromatic heterocycles. The first kappa shape index (κ1) is 13.2. The van der Waals surface area contributed by atoms with Gasteiger partial charge in [0, 0.05) is 18.0 Å². The maximum absolute atomic E-state index is 6.59. The smallest absolute Gasteiger partial charge is 0.141 e. The first-order valence-corrected chi connectivity index (χ1v) is 7.30. The van der Waals surface area contributed by atoms with E-state index in [1.807, 2.05) is 35.9 Å². The van der Waals surface area contributed by atoms with Gasteiger partial charge in [0.05, 0.1) is 11.1 Å². The van der Waals surface area contributed by atoms with Crippen LogP contribution in [0, 0.1) is 6.92 Å². The Labute approximate surface area is 124 Å². The molecule has 0 aliphatic carbocycles. The van der Waals surface area contributed by atoms with Gasteiger partial charge >= 0.3 is 0 Å². The third kappa shape index (κ3) is 2.70. The van der Waals surface area contributed by atoms with Crippen LogP contribution in [-0.2, 0) is 6.42 Å². The summed E-state index contributed by atoms with van der Waals surface area (Å²) in [7, 11) is 0. The lowest BCUT2D eigenvalue weighted by Gasteiger charge is -2.11. The Balaban J connectivity index is 1.80. The van der Waals surface area contributed by atoms with E-state index in [0.29, 0.717) is 0 Å². The average Bonchev–Trinajstić information content (AvgIpc) is 2.85. The van der Waals surface area contributed by atoms with Gasteiger partial charge in [0.15, 0.2) is 0 Å². The molecule has 0 saturated carbocycles. The number of hydrogen-bond acceptors (Lipinski definition) is 1. The zero-order valence-corrected chi connectivity index (χ0v) is 12.2. The van der Waals surface area contributed by atoms with E-state index in [4.69, 9.17) is 11.6 Å². The minimum absolute atomic E-state index is 0.0132. The van der Waals surface area contributed by atoms with Gasteiger partial charge in [0.25, 0.3) is 0 Å². The Kier molecular flexibility index (Phi) is 3.75. The number of imidazole rings is 1. The summed E-state index contributed by atoms with van der Waals surface area (Å²) in [5.74, 6) is 0. The zero-order valence-electron chi connectivity index (χ0n) is 11.5. The van der Waals surface area contributed by atoms with Crippen molar-refractivity contribution >= 4 is 17.2 Å². The van der Waals surface area contributed by atoms with Gasteiger partial charge < -0.3 is 4.40 Å². The Morgan fingerprint density at radius 3 is 2.75 bits per heavy atom. The predicted molar refractivity (Wildman–Crippen MR) is 83.3 cm³/mol. The lowest BCUT2D eigenvalue weighted by atomic mass is 10.0. The van der Waals surface area contributed by atoms with Gasteiger partial charge in [-0.3, -0.25) is 0 Å². The predicted octanol–water partition coefficient (Wildman–Crippen LogP) is 4.56. The van der Waals surface area contributed by atoms with E-state index in [1.54, 1.807) is 0 Å². The van der Waals surface area contributed by atoms with Crippen LogP contribution in [0.5, 0.6) is 0 Å². The number of hydrogen-bond donors (Lipinski definition) is 0. The molecule has 1 unspecified atom stereocenters. The topological polar surface area (TPSA) is 17.3 Å². The summed E-state index contributed by atoms with van der Waals surface area (Å²) in [5, 5.41) is -0.0132. The highest BCUT2D eigenvalue weighted by atomic mass is 35.5. The molecule has 3 heteroatoms. The van der Waals surface area contributed by atoms with E-state index in [1.165, 1.54) is 5.56 Å². The number of aromatic nitrogens is 2. The molecule has 1 aromatic carbocycles. The van der Waals surface area contributed by atoms with Crippen LogP contribution < -0.4 is 0 Å². The van der Waals surface area contributed by atoms with Crippen molar-refractivity contribution in [1.29, 1.82) is 0 Å². The highest BCUT2D eigenvalue weighted by molar-refractivity contribution is 6.21. The van der Waals surface area contributed by atoms with Crippen molar-refractivity contribution < 1.29 is 0 Å². The SMILES string of the molecule is Cc1cn2cccc(C(Cl)CCc3ccccc3)c2n1. The van der Waals surface area contributed by atoms with Crippen molar-refractivity contribution in [2.75, 3.05) is 0 Å². The summed E-state index contributed by atoms with van der Waals surface area (Å²) in [6.07, 6.45) is 5.94. The summed E-state index contributed by atoms with van der Waals surface area (Å²) in [6.45, 7) is 2.00. The number of aryl methyl sites for hydroxylation is 2. The van der Waals surface area contributed by atoms with Crippen LogP contribution in [0.2, 0.25) is 0 Å². The van der Waals surface area contributed by atoms with E-state index in [0.717, 1.165) is 29.7 Å². The first-order valence-electron chi connectivity index (χ1n) is 6.86. The molecule has 0 radical (unpaired) electrons. The summed E-state index contributed by atoms with van der Waals surface area (Å²) in [6, 6.07) is 14.6. The molecule has 3 rings (SSSR count). The fraction of sp³-hybridized carbons (Fsp3) is 0.235. The number of rotatable bonds is 4. The minimum Gasteiger partial charge on any atom is -0.307 e. The molecule has 0 aliphatic rings. The zero-order chi connectivity index (χ0) is 13.9. The first-order chi connectivity index (χ1) is 9.74. The van der Waals surface area contributed by atoms with Gasteiger partial charge in [-0.25, -0.2) is 4.98 Å². The fourth-order valence-corrected chi connectivity index (χ4v) is 2.77. The standard InChI is InChI=1S/C17H17ClN2/c1-13-12-20-11-5-8-15(17(20)19-13)16(18)10-9-14-6-3-2-4-7-14/h2-8,11-12,16H,9-10H2,1H3. The summed E-state index contributed by atoms with van der Waals surface area (Å²) < 4.78 is 2.04. The molecule has 0 fully saturated rings. The number of nitrogens with zero attached hydrogens (tertiary/aromatic N) is 2. The van der Waals surface area contributed by atoms with Gasteiger partial charge in [-0.05, 0) is 31.4 Å². The molecule has 0 bridgehead atoms. The van der Waals surface area contributed by atoms with Gasteiger partial charge in [-0.1, -0.05) is 36.4 Å². The average molecular weight is 285 g/mol. The summed E-state index contributed by atoms with van der Waals surface area (Å²) in [4.78, 5) is 4.57. The monoisotopic (exact) mass is 284 g/mol. The van der Waals surface area contributed by atoms with Crippen molar-refractivity contribution in [3.63, 3.8) is 0 Å². The molecule has 20 heavy (non-hydrogen) atoms. The van der Waals surface area contributed by atoms with Crippen molar-refractivity contribution in [3.05, 3.63) is 71.7 Å². The van der Waals surface area contributed by atoms with Crippen molar-refractivity contribution in [3.8, 4) is 0 Å². The van der Waals surface area contributed by atoms with Gasteiger partial charge in [0.2, 0.25) is 0 Å². The molecule has 0 N–H and O–H groups in total. The summed E-state index contributed by atoms with van der Waals surface area (Å²) in [5.41, 5.74) is 4.42. The maximum Gasteiger partial charge on any atom is 0.141 e. The van der Waals surface area contributed by atoms with Crippen LogP contribution in [0.3, 0.4) is 0 Å². The number of fused-ring (bicyclic) bond motifs is 1. The van der Waals surface area contributed by atoms with E-state index in [9.17, 15) is 0 Å². The third-order valence-electron chi connectivity index (χ3n) is 3.50. The largest absolute Gasteiger partial charge is 0.307 e. The second-order valence-corrected chi connectivity index (χ2v) is 5.60. The number of benzene rings is 1. The minimum atomic E-state index is -0.0132. The Hall–Kier alpha value is -1.80. The molecule has 1 atom stereocenters. The molecule has 0 spiro atoms. The van der Waals surface area contributed by atoms with Crippen molar-refractivity contribution in [2.45, 2.75) is 25.1 Å². The molecule has 2 heterocycles. The molecule has 102 valence electrons. The van der Waals surface area contributed by atoms with Gasteiger partial charge in [-0.2, -0.15) is 0 Å². The van der Waals surface area contributed by atoms with Crippen LogP contribution in [0.15, 0.2) is 54.9 Å². The van der Waals surface area contributed by atoms with Gasteiger partial charge in [-0.15, -0.1) is 11.6 Å². The van der Waals surface area contributed by atoms with Crippen LogP contribution >= 0.6 is 11.6 Å². The lowest BCUT2D eigenvalue weighted by molar-refractivity contribution is 0.793. The van der Waals surface area contributed by atoms with Crippen molar-refractivity contribution in [1.82, 2.24) is 9.38 Å². The molecule has 2 nitrogen and oxygen atoms in total. The highest BCUT2D eigenvalue weighted by Gasteiger charge is 2.13. The Morgan fingerprint density at radius 1 is 1.15 bits per heavy atom. The fourth-order valence-electron chi connectivity index (χ4n) is 2.50. The molecule has 0 saturated heterocycles. The third-order valence-corrected chi connectivity index (χ3v) is 3.95. The quantitative estimate of drug-likeness (QED) is 0.642. The number of halogens is 1. The maximum atomic E-state index is 6.59. The second kappa shape index (κ2) is 5.68. The Morgan fingerprint density at radius 2 is 1.95 bits per heavy atom. The second-order valence-electron chi connectivity index (χ2n) is 5.07. The number of alkyl halides is 1. The van der Waals surface area contributed by atoms with Crippen LogP contribution in [-0.4, -0.2) is 9.38 Å². The van der Waals surface area contributed by atoms with E-state index < -0.39 is 0 Å². The van der Waals surface area contributed by atoms with Crippen LogP contribution in [0.4, 0.5) is 0 Å². The normalized spacial score (nSPS) is 12.7. The van der Waals surface area contributed by atoms with E-state index in [-0.39, 0.29) is 5.38 Å². The van der Waals surface area contributed by atoms with Crippen LogP contribution in [0.1, 0.15) is 28.6 Å². The molecule has 3 aromatic rings. The van der Waals surface area contributed by atoms with Crippen LogP contribution in [0.25, 0.3) is 5.65 Å². The highest BCUT2D eigenvalue weighted by Crippen LogP contribution is 2.28.